The van der Waals surface area contributed by atoms with Gasteiger partial charge in [-0.05, 0) is 19.1 Å². The number of rotatable bonds is 3. The first-order chi connectivity index (χ1) is 6.92. The van der Waals surface area contributed by atoms with Crippen molar-refractivity contribution in [1.82, 2.24) is 0 Å². The largest absolute Gasteiger partial charge is 0.598 e. The van der Waals surface area contributed by atoms with Gasteiger partial charge in [0.25, 0.3) is 0 Å². The highest BCUT2D eigenvalue weighted by molar-refractivity contribution is 7.86. The van der Waals surface area contributed by atoms with E-state index in [2.05, 4.69) is 9.56 Å². The minimum absolute atomic E-state index is 0.0196. The highest BCUT2D eigenvalue weighted by atomic mass is 32.2. The normalized spacial score (nSPS) is 12.5. The van der Waals surface area contributed by atoms with Gasteiger partial charge in [-0.3, -0.25) is 0 Å². The van der Waals surface area contributed by atoms with E-state index in [0.29, 0.717) is 0 Å². The van der Waals surface area contributed by atoms with E-state index in [4.69, 9.17) is 0 Å². The smallest absolute Gasteiger partial charge is 0.363 e. The summed E-state index contributed by atoms with van der Waals surface area (Å²) in [6.45, 7) is 1.83. The fraction of sp³-hybridized carbons (Fsp3) is 0.250. The molecule has 0 aliphatic carbocycles. The van der Waals surface area contributed by atoms with Gasteiger partial charge in [-0.2, -0.15) is 8.42 Å². The van der Waals surface area contributed by atoms with E-state index in [1.54, 1.807) is 12.1 Å². The van der Waals surface area contributed by atoms with Crippen molar-refractivity contribution in [2.75, 3.05) is 7.05 Å². The molecule has 0 saturated heterocycles. The lowest BCUT2D eigenvalue weighted by molar-refractivity contribution is -0.522. The molecule has 0 N–H and O–H groups in total. The monoisotopic (exact) mass is 230 g/mol. The molecule has 0 bridgehead atoms. The molecule has 7 heteroatoms. The summed E-state index contributed by atoms with van der Waals surface area (Å²) in [6.07, 6.45) is 0. The summed E-state index contributed by atoms with van der Waals surface area (Å²) in [6, 6.07) is 6.00. The van der Waals surface area contributed by atoms with E-state index >= 15 is 0 Å². The van der Waals surface area contributed by atoms with Crippen molar-refractivity contribution in [2.45, 2.75) is 11.8 Å². The first-order valence-electron chi connectivity index (χ1n) is 4.04. The van der Waals surface area contributed by atoms with Crippen LogP contribution in [0.5, 0.6) is 0 Å². The molecule has 0 amide bonds. The van der Waals surface area contributed by atoms with Crippen molar-refractivity contribution >= 4 is 10.1 Å². The second-order valence-electron chi connectivity index (χ2n) is 2.89. The number of aryl methyl sites for hydroxylation is 1. The lowest BCUT2D eigenvalue weighted by Crippen LogP contribution is -2.04. The molecule has 0 heterocycles. The van der Waals surface area contributed by atoms with Gasteiger partial charge in [0.1, 0.15) is 4.90 Å². The standard InChI is InChI=1S/C8H10N2O4S/c1-7-3-5-8(6-4-7)15(12,13)14-9-10(2)11/h3-6H,1-2H3. The fourth-order valence-corrected chi connectivity index (χ4v) is 1.58. The Hall–Kier alpha value is -1.63. The summed E-state index contributed by atoms with van der Waals surface area (Å²) >= 11 is 0. The summed E-state index contributed by atoms with van der Waals surface area (Å²) in [5.41, 5.74) is 0.923. The summed E-state index contributed by atoms with van der Waals surface area (Å²) in [4.78, 5) is -0.0233. The third-order valence-electron chi connectivity index (χ3n) is 1.56. The Balaban J connectivity index is 2.97. The van der Waals surface area contributed by atoms with Crippen LogP contribution in [0.3, 0.4) is 0 Å². The van der Waals surface area contributed by atoms with Gasteiger partial charge < -0.3 is 5.21 Å². The molecule has 0 unspecified atom stereocenters. The van der Waals surface area contributed by atoms with Crippen molar-refractivity contribution in [2.24, 2.45) is 5.28 Å². The van der Waals surface area contributed by atoms with Crippen LogP contribution in [0.1, 0.15) is 5.56 Å². The van der Waals surface area contributed by atoms with Crippen LogP contribution in [0.2, 0.25) is 0 Å². The quantitative estimate of drug-likeness (QED) is 0.444. The third kappa shape index (κ3) is 3.21. The fourth-order valence-electron chi connectivity index (χ4n) is 0.839. The van der Waals surface area contributed by atoms with Gasteiger partial charge in [0.15, 0.2) is 7.05 Å². The summed E-state index contributed by atoms with van der Waals surface area (Å²) < 4.78 is 26.9. The highest BCUT2D eigenvalue weighted by Crippen LogP contribution is 2.13. The van der Waals surface area contributed by atoms with E-state index in [1.807, 2.05) is 6.92 Å². The van der Waals surface area contributed by atoms with Gasteiger partial charge in [0, 0.05) is 0 Å². The minimum atomic E-state index is -3.98. The molecule has 0 aliphatic heterocycles. The molecule has 0 atom stereocenters. The minimum Gasteiger partial charge on any atom is -0.598 e. The number of benzene rings is 1. The topological polar surface area (TPSA) is 81.8 Å². The molecule has 6 nitrogen and oxygen atoms in total. The maximum Gasteiger partial charge on any atom is 0.363 e. The molecule has 1 aromatic rings. The Bertz CT molecular complexity index is 460. The van der Waals surface area contributed by atoms with E-state index in [1.165, 1.54) is 12.1 Å². The maximum absolute atomic E-state index is 11.4. The van der Waals surface area contributed by atoms with Crippen molar-refractivity contribution in [3.8, 4) is 0 Å². The zero-order valence-electron chi connectivity index (χ0n) is 8.25. The highest BCUT2D eigenvalue weighted by Gasteiger charge is 2.16. The number of hydrogen-bond acceptors (Lipinski definition) is 5. The predicted octanol–water partition coefficient (Wildman–Crippen LogP) is 1.21. The Labute approximate surface area is 87.5 Å². The molecule has 0 aliphatic rings. The zero-order valence-corrected chi connectivity index (χ0v) is 9.06. The van der Waals surface area contributed by atoms with Gasteiger partial charge in [0.05, 0.1) is 0 Å². The van der Waals surface area contributed by atoms with Crippen LogP contribution in [-0.4, -0.2) is 20.3 Å². The van der Waals surface area contributed by atoms with Gasteiger partial charge in [-0.25, -0.2) is 4.28 Å². The van der Waals surface area contributed by atoms with Gasteiger partial charge >= 0.3 is 10.1 Å². The molecular weight excluding hydrogens is 220 g/mol. The summed E-state index contributed by atoms with van der Waals surface area (Å²) in [5, 5.41) is 13.1. The second kappa shape index (κ2) is 4.26. The first-order valence-corrected chi connectivity index (χ1v) is 5.45. The van der Waals surface area contributed by atoms with Crippen molar-refractivity contribution in [1.29, 1.82) is 0 Å². The van der Waals surface area contributed by atoms with Gasteiger partial charge in [-0.15, -0.1) is 0 Å². The zero-order chi connectivity index (χ0) is 11.5. The van der Waals surface area contributed by atoms with Crippen LogP contribution in [0.25, 0.3) is 0 Å². The maximum atomic E-state index is 11.4. The van der Waals surface area contributed by atoms with E-state index in [0.717, 1.165) is 12.6 Å². The molecule has 1 rings (SSSR count). The second-order valence-corrected chi connectivity index (χ2v) is 4.42. The SMILES string of the molecule is Cc1ccc(S(=O)(=O)ON=[N+](C)[O-])cc1. The molecular formula is C8H10N2O4S. The van der Waals surface area contributed by atoms with Crippen LogP contribution < -0.4 is 0 Å². The molecule has 15 heavy (non-hydrogen) atoms. The summed E-state index contributed by atoms with van der Waals surface area (Å²) in [5.74, 6) is 0. The predicted molar refractivity (Wildman–Crippen MR) is 51.4 cm³/mol. The van der Waals surface area contributed by atoms with Crippen LogP contribution >= 0.6 is 0 Å². The number of hydrogen-bond donors (Lipinski definition) is 0. The Kier molecular flexibility index (Phi) is 3.25. The third-order valence-corrected chi connectivity index (χ3v) is 2.67. The average molecular weight is 230 g/mol. The Morgan fingerprint density at radius 2 is 1.87 bits per heavy atom. The molecule has 0 aromatic heterocycles. The van der Waals surface area contributed by atoms with Crippen LogP contribution in [0, 0.1) is 12.1 Å². The molecule has 0 radical (unpaired) electrons. The van der Waals surface area contributed by atoms with Crippen molar-refractivity contribution in [3.63, 3.8) is 0 Å². The van der Waals surface area contributed by atoms with Crippen molar-refractivity contribution in [3.05, 3.63) is 35.0 Å². The first kappa shape index (κ1) is 11.4. The van der Waals surface area contributed by atoms with E-state index in [-0.39, 0.29) is 9.76 Å². The molecule has 0 spiro atoms. The van der Waals surface area contributed by atoms with E-state index < -0.39 is 10.1 Å². The van der Waals surface area contributed by atoms with Crippen molar-refractivity contribution < 1.29 is 17.6 Å². The number of nitrogens with zero attached hydrogens (tertiary/aromatic N) is 2. The molecule has 0 fully saturated rings. The lowest BCUT2D eigenvalue weighted by atomic mass is 10.2. The van der Waals surface area contributed by atoms with Gasteiger partial charge in [-0.1, -0.05) is 22.6 Å². The van der Waals surface area contributed by atoms with Crippen LogP contribution in [0.4, 0.5) is 0 Å². The van der Waals surface area contributed by atoms with Crippen LogP contribution in [-0.2, 0) is 14.4 Å². The molecule has 1 aromatic carbocycles. The Morgan fingerprint density at radius 3 is 2.33 bits per heavy atom. The number of hydroxylamine groups is 1. The summed E-state index contributed by atoms with van der Waals surface area (Å²) in [7, 11) is -2.96. The Morgan fingerprint density at radius 1 is 1.33 bits per heavy atom. The lowest BCUT2D eigenvalue weighted by Gasteiger charge is -1.99. The average Bonchev–Trinajstić information content (AvgIpc) is 2.16. The van der Waals surface area contributed by atoms with E-state index in [9.17, 15) is 13.6 Å². The molecule has 0 saturated carbocycles. The van der Waals surface area contributed by atoms with Crippen LogP contribution in [0.15, 0.2) is 34.4 Å². The molecule has 82 valence electrons. The van der Waals surface area contributed by atoms with Gasteiger partial charge in [0.2, 0.25) is 5.28 Å².